The highest BCUT2D eigenvalue weighted by molar-refractivity contribution is 5.90. The molecule has 84 valence electrons. The number of benzene rings is 1. The van der Waals surface area contributed by atoms with E-state index in [9.17, 15) is 4.79 Å². The van der Waals surface area contributed by atoms with Crippen LogP contribution in [0.15, 0.2) is 24.3 Å². The SMILES string of the molecule is CCc1ccc(CCN(C)C(=O)C#N)cc1. The minimum atomic E-state index is -0.481. The topological polar surface area (TPSA) is 44.1 Å². The molecule has 0 fully saturated rings. The Kier molecular flexibility index (Phi) is 4.53. The number of rotatable bonds is 4. The van der Waals surface area contributed by atoms with Crippen molar-refractivity contribution in [3.63, 3.8) is 0 Å². The first-order valence-electron chi connectivity index (χ1n) is 5.40. The molecule has 0 N–H and O–H groups in total. The first-order valence-corrected chi connectivity index (χ1v) is 5.40. The number of carbonyl (C=O) groups excluding carboxylic acids is 1. The Labute approximate surface area is 96.3 Å². The number of nitrogens with zero attached hydrogens (tertiary/aromatic N) is 2. The lowest BCUT2D eigenvalue weighted by molar-refractivity contribution is -0.124. The molecule has 0 saturated heterocycles. The molecule has 0 saturated carbocycles. The van der Waals surface area contributed by atoms with Crippen LogP contribution in [0, 0.1) is 11.3 Å². The van der Waals surface area contributed by atoms with Gasteiger partial charge in [0.1, 0.15) is 0 Å². The van der Waals surface area contributed by atoms with Crippen LogP contribution in [-0.4, -0.2) is 24.4 Å². The van der Waals surface area contributed by atoms with Gasteiger partial charge in [-0.3, -0.25) is 4.79 Å². The second kappa shape index (κ2) is 5.92. The molecule has 0 heterocycles. The molecule has 3 nitrogen and oxygen atoms in total. The lowest BCUT2D eigenvalue weighted by Gasteiger charge is -2.12. The Morgan fingerprint density at radius 2 is 1.88 bits per heavy atom. The standard InChI is InChI=1S/C13H16N2O/c1-3-11-4-6-12(7-5-11)8-9-15(2)13(16)10-14/h4-7H,3,8-9H2,1-2H3. The molecule has 0 radical (unpaired) electrons. The summed E-state index contributed by atoms with van der Waals surface area (Å²) in [5, 5.41) is 8.43. The Morgan fingerprint density at radius 1 is 1.31 bits per heavy atom. The maximum absolute atomic E-state index is 11.0. The monoisotopic (exact) mass is 216 g/mol. The average Bonchev–Trinajstić information content (AvgIpc) is 2.35. The minimum Gasteiger partial charge on any atom is -0.333 e. The number of aryl methyl sites for hydroxylation is 1. The van der Waals surface area contributed by atoms with E-state index < -0.39 is 5.91 Å². The van der Waals surface area contributed by atoms with E-state index in [4.69, 9.17) is 5.26 Å². The van der Waals surface area contributed by atoms with E-state index in [0.29, 0.717) is 6.54 Å². The third-order valence-corrected chi connectivity index (χ3v) is 2.61. The number of amides is 1. The van der Waals surface area contributed by atoms with Gasteiger partial charge in [-0.25, -0.2) is 0 Å². The highest BCUT2D eigenvalue weighted by Gasteiger charge is 2.06. The highest BCUT2D eigenvalue weighted by Crippen LogP contribution is 2.06. The maximum Gasteiger partial charge on any atom is 0.324 e. The van der Waals surface area contributed by atoms with Crippen molar-refractivity contribution in [2.75, 3.05) is 13.6 Å². The zero-order valence-electron chi connectivity index (χ0n) is 9.73. The van der Waals surface area contributed by atoms with Crippen LogP contribution in [0.4, 0.5) is 0 Å². The molecule has 1 rings (SSSR count). The van der Waals surface area contributed by atoms with Crippen molar-refractivity contribution in [3.8, 4) is 6.07 Å². The van der Waals surface area contributed by atoms with Crippen molar-refractivity contribution in [3.05, 3.63) is 35.4 Å². The van der Waals surface area contributed by atoms with Crippen molar-refractivity contribution in [2.45, 2.75) is 19.8 Å². The summed E-state index contributed by atoms with van der Waals surface area (Å²) in [7, 11) is 1.64. The summed E-state index contributed by atoms with van der Waals surface area (Å²) in [5.74, 6) is -0.481. The van der Waals surface area contributed by atoms with E-state index >= 15 is 0 Å². The molecule has 3 heteroatoms. The Morgan fingerprint density at radius 3 is 2.38 bits per heavy atom. The quantitative estimate of drug-likeness (QED) is 0.720. The summed E-state index contributed by atoms with van der Waals surface area (Å²) in [5.41, 5.74) is 2.50. The van der Waals surface area contributed by atoms with Gasteiger partial charge >= 0.3 is 5.91 Å². The van der Waals surface area contributed by atoms with Gasteiger partial charge in [0.05, 0.1) is 0 Å². The molecule has 0 atom stereocenters. The molecule has 0 aromatic heterocycles. The smallest absolute Gasteiger partial charge is 0.324 e. The average molecular weight is 216 g/mol. The second-order valence-electron chi connectivity index (χ2n) is 3.76. The van der Waals surface area contributed by atoms with Gasteiger partial charge in [-0.05, 0) is 24.0 Å². The maximum atomic E-state index is 11.0. The van der Waals surface area contributed by atoms with Gasteiger partial charge in [-0.1, -0.05) is 31.2 Å². The van der Waals surface area contributed by atoms with Crippen LogP contribution in [0.1, 0.15) is 18.1 Å². The van der Waals surface area contributed by atoms with Crippen LogP contribution in [0.5, 0.6) is 0 Å². The van der Waals surface area contributed by atoms with Crippen molar-refractivity contribution < 1.29 is 4.79 Å². The largest absolute Gasteiger partial charge is 0.333 e. The van der Waals surface area contributed by atoms with Crippen molar-refractivity contribution in [1.29, 1.82) is 5.26 Å². The fourth-order valence-electron chi connectivity index (χ4n) is 1.43. The fourth-order valence-corrected chi connectivity index (χ4v) is 1.43. The van der Waals surface area contributed by atoms with Crippen LogP contribution in [0.3, 0.4) is 0 Å². The fraction of sp³-hybridized carbons (Fsp3) is 0.385. The second-order valence-corrected chi connectivity index (χ2v) is 3.76. The molecule has 0 bridgehead atoms. The van der Waals surface area contributed by atoms with E-state index in [2.05, 4.69) is 31.2 Å². The summed E-state index contributed by atoms with van der Waals surface area (Å²) >= 11 is 0. The lowest BCUT2D eigenvalue weighted by Crippen LogP contribution is -2.27. The molecule has 0 unspecified atom stereocenters. The molecule has 0 spiro atoms. The summed E-state index contributed by atoms with van der Waals surface area (Å²) in [6.45, 7) is 2.70. The predicted molar refractivity (Wildman–Crippen MR) is 62.8 cm³/mol. The molecule has 1 aromatic carbocycles. The van der Waals surface area contributed by atoms with Gasteiger partial charge in [0.15, 0.2) is 6.07 Å². The molecule has 0 aliphatic rings. The van der Waals surface area contributed by atoms with Crippen LogP contribution in [0.2, 0.25) is 0 Å². The first-order chi connectivity index (χ1) is 7.67. The predicted octanol–water partition coefficient (Wildman–Crippen LogP) is 1.77. The summed E-state index contributed by atoms with van der Waals surface area (Å²) in [4.78, 5) is 12.4. The Balaban J connectivity index is 2.49. The molecule has 0 aliphatic carbocycles. The van der Waals surface area contributed by atoms with Gasteiger partial charge in [0.2, 0.25) is 0 Å². The van der Waals surface area contributed by atoms with Crippen molar-refractivity contribution >= 4 is 5.91 Å². The van der Waals surface area contributed by atoms with Gasteiger partial charge in [0, 0.05) is 13.6 Å². The highest BCUT2D eigenvalue weighted by atomic mass is 16.2. The first kappa shape index (κ1) is 12.3. The number of carbonyl (C=O) groups is 1. The molecule has 1 amide bonds. The summed E-state index contributed by atoms with van der Waals surface area (Å²) < 4.78 is 0. The van der Waals surface area contributed by atoms with Crippen molar-refractivity contribution in [1.82, 2.24) is 4.90 Å². The number of likely N-dealkylation sites (N-methyl/N-ethyl adjacent to an activating group) is 1. The minimum absolute atomic E-state index is 0.481. The van der Waals surface area contributed by atoms with E-state index in [1.807, 2.05) is 0 Å². The van der Waals surface area contributed by atoms with Gasteiger partial charge in [-0.2, -0.15) is 5.26 Å². The third kappa shape index (κ3) is 3.39. The van der Waals surface area contributed by atoms with E-state index in [1.165, 1.54) is 16.0 Å². The molecule has 1 aromatic rings. The Bertz CT molecular complexity index is 389. The Hall–Kier alpha value is -1.82. The van der Waals surface area contributed by atoms with Crippen LogP contribution in [-0.2, 0) is 17.6 Å². The molecular weight excluding hydrogens is 200 g/mol. The van der Waals surface area contributed by atoms with Crippen LogP contribution in [0.25, 0.3) is 0 Å². The zero-order chi connectivity index (χ0) is 12.0. The molecule has 16 heavy (non-hydrogen) atoms. The lowest BCUT2D eigenvalue weighted by atomic mass is 10.1. The van der Waals surface area contributed by atoms with Crippen LogP contribution >= 0.6 is 0 Å². The van der Waals surface area contributed by atoms with Crippen molar-refractivity contribution in [2.24, 2.45) is 0 Å². The zero-order valence-corrected chi connectivity index (χ0v) is 9.73. The van der Waals surface area contributed by atoms with Crippen LogP contribution < -0.4 is 0 Å². The number of nitriles is 1. The number of hydrogen-bond donors (Lipinski definition) is 0. The third-order valence-electron chi connectivity index (χ3n) is 2.61. The summed E-state index contributed by atoms with van der Waals surface area (Å²) in [6.07, 6.45) is 1.82. The van der Waals surface area contributed by atoms with E-state index in [0.717, 1.165) is 12.8 Å². The van der Waals surface area contributed by atoms with Gasteiger partial charge in [0.25, 0.3) is 0 Å². The summed E-state index contributed by atoms with van der Waals surface area (Å²) in [6, 6.07) is 9.95. The van der Waals surface area contributed by atoms with E-state index in [1.54, 1.807) is 13.1 Å². The van der Waals surface area contributed by atoms with Gasteiger partial charge < -0.3 is 4.90 Å². The normalized spacial score (nSPS) is 9.56. The van der Waals surface area contributed by atoms with Gasteiger partial charge in [-0.15, -0.1) is 0 Å². The molecular formula is C13H16N2O. The molecule has 0 aliphatic heterocycles. The van der Waals surface area contributed by atoms with E-state index in [-0.39, 0.29) is 0 Å². The number of hydrogen-bond acceptors (Lipinski definition) is 2.